The molecule has 1 aromatic carbocycles. The lowest BCUT2D eigenvalue weighted by atomic mass is 10.2. The molecule has 4 heteroatoms. The third-order valence-corrected chi connectivity index (χ3v) is 2.70. The van der Waals surface area contributed by atoms with E-state index >= 15 is 0 Å². The fraction of sp³-hybridized carbons (Fsp3) is 0.167. The van der Waals surface area contributed by atoms with E-state index in [1.807, 2.05) is 35.9 Å². The Bertz CT molecular complexity index is 534. The van der Waals surface area contributed by atoms with Crippen molar-refractivity contribution in [1.82, 2.24) is 9.78 Å². The standard InChI is InChI=1S/C12H10ClN3/c1-9-10(6-7-14)8-15-16(9)12-4-2-11(13)3-5-12/h2-5,8H,6H2,1H3. The van der Waals surface area contributed by atoms with Gasteiger partial charge in [-0.05, 0) is 31.2 Å². The number of benzene rings is 1. The molecule has 0 saturated carbocycles. The molecule has 2 aromatic rings. The van der Waals surface area contributed by atoms with Gasteiger partial charge in [-0.3, -0.25) is 0 Å². The average Bonchev–Trinajstić information content (AvgIpc) is 2.63. The Morgan fingerprint density at radius 3 is 2.69 bits per heavy atom. The molecule has 0 bridgehead atoms. The van der Waals surface area contributed by atoms with Crippen LogP contribution in [-0.4, -0.2) is 9.78 Å². The van der Waals surface area contributed by atoms with Crippen LogP contribution in [0.15, 0.2) is 30.5 Å². The van der Waals surface area contributed by atoms with Crippen molar-refractivity contribution < 1.29 is 0 Å². The first-order valence-electron chi connectivity index (χ1n) is 4.89. The fourth-order valence-electron chi connectivity index (χ4n) is 1.54. The third-order valence-electron chi connectivity index (χ3n) is 2.45. The maximum absolute atomic E-state index is 8.66. The summed E-state index contributed by atoms with van der Waals surface area (Å²) in [6, 6.07) is 9.57. The van der Waals surface area contributed by atoms with E-state index in [4.69, 9.17) is 16.9 Å². The molecule has 0 amide bonds. The molecule has 0 atom stereocenters. The van der Waals surface area contributed by atoms with Gasteiger partial charge in [0.1, 0.15) is 0 Å². The normalized spacial score (nSPS) is 10.1. The van der Waals surface area contributed by atoms with Crippen molar-refractivity contribution in [3.8, 4) is 11.8 Å². The molecule has 80 valence electrons. The Hall–Kier alpha value is -1.79. The minimum absolute atomic E-state index is 0.388. The lowest BCUT2D eigenvalue weighted by Gasteiger charge is -2.04. The van der Waals surface area contributed by atoms with Crippen molar-refractivity contribution in [2.75, 3.05) is 0 Å². The van der Waals surface area contributed by atoms with Gasteiger partial charge in [-0.2, -0.15) is 10.4 Å². The molecule has 0 aliphatic rings. The molecule has 0 aliphatic carbocycles. The molecular weight excluding hydrogens is 222 g/mol. The number of nitriles is 1. The Morgan fingerprint density at radius 2 is 2.06 bits per heavy atom. The minimum atomic E-state index is 0.388. The number of halogens is 1. The van der Waals surface area contributed by atoms with E-state index in [9.17, 15) is 0 Å². The molecule has 1 heterocycles. The summed E-state index contributed by atoms with van der Waals surface area (Å²) in [7, 11) is 0. The third kappa shape index (κ3) is 1.93. The highest BCUT2D eigenvalue weighted by atomic mass is 35.5. The first-order valence-corrected chi connectivity index (χ1v) is 5.26. The zero-order chi connectivity index (χ0) is 11.5. The van der Waals surface area contributed by atoms with Gasteiger partial charge in [0.15, 0.2) is 0 Å². The van der Waals surface area contributed by atoms with Crippen molar-refractivity contribution >= 4 is 11.6 Å². The summed E-state index contributed by atoms with van der Waals surface area (Å²) in [6.45, 7) is 1.95. The summed E-state index contributed by atoms with van der Waals surface area (Å²) in [5.74, 6) is 0. The molecule has 1 aromatic heterocycles. The van der Waals surface area contributed by atoms with Crippen LogP contribution in [0, 0.1) is 18.3 Å². The SMILES string of the molecule is Cc1c(CC#N)cnn1-c1ccc(Cl)cc1. The average molecular weight is 232 g/mol. The second kappa shape index (κ2) is 4.38. The number of aromatic nitrogens is 2. The van der Waals surface area contributed by atoms with Crippen LogP contribution in [-0.2, 0) is 6.42 Å². The highest BCUT2D eigenvalue weighted by molar-refractivity contribution is 6.30. The predicted octanol–water partition coefficient (Wildman–Crippen LogP) is 2.90. The maximum Gasteiger partial charge on any atom is 0.0671 e. The zero-order valence-electron chi connectivity index (χ0n) is 8.81. The van der Waals surface area contributed by atoms with Gasteiger partial charge >= 0.3 is 0 Å². The van der Waals surface area contributed by atoms with Gasteiger partial charge in [-0.25, -0.2) is 4.68 Å². The van der Waals surface area contributed by atoms with E-state index in [-0.39, 0.29) is 0 Å². The lowest BCUT2D eigenvalue weighted by molar-refractivity contribution is 0.845. The van der Waals surface area contributed by atoms with Gasteiger partial charge in [0.25, 0.3) is 0 Å². The van der Waals surface area contributed by atoms with Crippen molar-refractivity contribution in [1.29, 1.82) is 5.26 Å². The lowest BCUT2D eigenvalue weighted by Crippen LogP contribution is -1.98. The molecule has 0 spiro atoms. The number of hydrogen-bond donors (Lipinski definition) is 0. The number of nitrogens with zero attached hydrogens (tertiary/aromatic N) is 3. The Kier molecular flexibility index (Phi) is 2.93. The first-order chi connectivity index (χ1) is 7.72. The van der Waals surface area contributed by atoms with Crippen LogP contribution in [0.4, 0.5) is 0 Å². The van der Waals surface area contributed by atoms with Crippen LogP contribution in [0.3, 0.4) is 0 Å². The highest BCUT2D eigenvalue weighted by Gasteiger charge is 2.07. The summed E-state index contributed by atoms with van der Waals surface area (Å²) in [6.07, 6.45) is 2.12. The fourth-order valence-corrected chi connectivity index (χ4v) is 1.67. The summed E-state index contributed by atoms with van der Waals surface area (Å²) >= 11 is 5.82. The van der Waals surface area contributed by atoms with Crippen LogP contribution in [0.25, 0.3) is 5.69 Å². The second-order valence-electron chi connectivity index (χ2n) is 3.48. The van der Waals surface area contributed by atoms with Crippen LogP contribution in [0.2, 0.25) is 5.02 Å². The molecule has 0 radical (unpaired) electrons. The largest absolute Gasteiger partial charge is 0.238 e. The quantitative estimate of drug-likeness (QED) is 0.798. The van der Waals surface area contributed by atoms with Gasteiger partial charge in [0.2, 0.25) is 0 Å². The number of rotatable bonds is 2. The van der Waals surface area contributed by atoms with Crippen molar-refractivity contribution in [2.45, 2.75) is 13.3 Å². The van der Waals surface area contributed by atoms with E-state index in [1.165, 1.54) is 0 Å². The monoisotopic (exact) mass is 231 g/mol. The van der Waals surface area contributed by atoms with Crippen molar-refractivity contribution in [2.24, 2.45) is 0 Å². The van der Waals surface area contributed by atoms with E-state index in [1.54, 1.807) is 6.20 Å². The molecule has 0 aliphatic heterocycles. The van der Waals surface area contributed by atoms with E-state index < -0.39 is 0 Å². The smallest absolute Gasteiger partial charge is 0.0671 e. The van der Waals surface area contributed by atoms with Crippen LogP contribution < -0.4 is 0 Å². The maximum atomic E-state index is 8.66. The zero-order valence-corrected chi connectivity index (χ0v) is 9.57. The first kappa shape index (κ1) is 10.7. The minimum Gasteiger partial charge on any atom is -0.238 e. The number of hydrogen-bond acceptors (Lipinski definition) is 2. The van der Waals surface area contributed by atoms with E-state index in [0.29, 0.717) is 11.4 Å². The van der Waals surface area contributed by atoms with Crippen molar-refractivity contribution in [3.05, 3.63) is 46.7 Å². The van der Waals surface area contributed by atoms with Crippen molar-refractivity contribution in [3.63, 3.8) is 0 Å². The summed E-state index contributed by atoms with van der Waals surface area (Å²) in [5, 5.41) is 13.6. The topological polar surface area (TPSA) is 41.6 Å². The molecular formula is C12H10ClN3. The van der Waals surface area contributed by atoms with Gasteiger partial charge in [-0.15, -0.1) is 0 Å². The molecule has 0 fully saturated rings. The molecule has 3 nitrogen and oxygen atoms in total. The molecule has 16 heavy (non-hydrogen) atoms. The van der Waals surface area contributed by atoms with Crippen LogP contribution in [0.1, 0.15) is 11.3 Å². The Balaban J connectivity index is 2.42. The van der Waals surface area contributed by atoms with Crippen LogP contribution >= 0.6 is 11.6 Å². The summed E-state index contributed by atoms with van der Waals surface area (Å²) < 4.78 is 1.81. The predicted molar refractivity (Wildman–Crippen MR) is 62.6 cm³/mol. The van der Waals surface area contributed by atoms with Gasteiger partial charge in [0, 0.05) is 16.3 Å². The highest BCUT2D eigenvalue weighted by Crippen LogP contribution is 2.16. The van der Waals surface area contributed by atoms with Gasteiger partial charge < -0.3 is 0 Å². The molecule has 0 saturated heterocycles. The summed E-state index contributed by atoms with van der Waals surface area (Å²) in [5.41, 5.74) is 2.90. The molecule has 0 N–H and O–H groups in total. The Morgan fingerprint density at radius 1 is 1.38 bits per heavy atom. The van der Waals surface area contributed by atoms with Gasteiger partial charge in [0.05, 0.1) is 24.4 Å². The Labute approximate surface area is 98.9 Å². The summed E-state index contributed by atoms with van der Waals surface area (Å²) in [4.78, 5) is 0. The molecule has 2 rings (SSSR count). The molecule has 0 unspecified atom stereocenters. The second-order valence-corrected chi connectivity index (χ2v) is 3.91. The van der Waals surface area contributed by atoms with E-state index in [2.05, 4.69) is 11.2 Å². The van der Waals surface area contributed by atoms with Crippen LogP contribution in [0.5, 0.6) is 0 Å². The van der Waals surface area contributed by atoms with E-state index in [0.717, 1.165) is 16.9 Å². The van der Waals surface area contributed by atoms with Gasteiger partial charge in [-0.1, -0.05) is 11.6 Å².